The van der Waals surface area contributed by atoms with E-state index in [1.807, 2.05) is 17.0 Å². The molecule has 0 atom stereocenters. The van der Waals surface area contributed by atoms with Crippen molar-refractivity contribution in [2.45, 2.75) is 13.0 Å². The van der Waals surface area contributed by atoms with Crippen LogP contribution >= 0.6 is 0 Å². The number of halogens is 2. The van der Waals surface area contributed by atoms with E-state index in [0.717, 1.165) is 5.56 Å². The summed E-state index contributed by atoms with van der Waals surface area (Å²) in [6.07, 6.45) is -2.78. The summed E-state index contributed by atoms with van der Waals surface area (Å²) in [6, 6.07) is 15.9. The minimum absolute atomic E-state index is 0.0486. The molecule has 5 rings (SSSR count). The Morgan fingerprint density at radius 2 is 1.70 bits per heavy atom. The van der Waals surface area contributed by atoms with Crippen molar-refractivity contribution in [2.24, 2.45) is 5.73 Å². The second kappa shape index (κ2) is 9.08. The van der Waals surface area contributed by atoms with Crippen molar-refractivity contribution in [3.63, 3.8) is 0 Å². The highest BCUT2D eigenvalue weighted by atomic mass is 19.3. The molecule has 2 N–H and O–H groups in total. The predicted octanol–water partition coefficient (Wildman–Crippen LogP) is 3.84. The molecular formula is C23H22F2N6O2. The van der Waals surface area contributed by atoms with Gasteiger partial charge in [-0.05, 0) is 29.8 Å². The molecule has 1 aliphatic heterocycles. The van der Waals surface area contributed by atoms with Crippen LogP contribution in [0.4, 0.5) is 14.6 Å². The van der Waals surface area contributed by atoms with E-state index in [1.54, 1.807) is 42.5 Å². The monoisotopic (exact) mass is 452 g/mol. The second-order valence-electron chi connectivity index (χ2n) is 7.51. The number of hydrogen-bond donors (Lipinski definition) is 1. The lowest BCUT2D eigenvalue weighted by molar-refractivity contribution is 0.122. The molecule has 8 nitrogen and oxygen atoms in total. The van der Waals surface area contributed by atoms with Gasteiger partial charge in [0.25, 0.3) is 6.43 Å². The zero-order valence-corrected chi connectivity index (χ0v) is 17.7. The summed E-state index contributed by atoms with van der Waals surface area (Å²) in [5.41, 5.74) is 7.60. The first-order valence-corrected chi connectivity index (χ1v) is 10.6. The maximum Gasteiger partial charge on any atom is 0.325 e. The Bertz CT molecular complexity index is 1260. The van der Waals surface area contributed by atoms with Gasteiger partial charge in [-0.1, -0.05) is 24.3 Å². The van der Waals surface area contributed by atoms with E-state index in [0.29, 0.717) is 55.4 Å². The fourth-order valence-electron chi connectivity index (χ4n) is 3.75. The van der Waals surface area contributed by atoms with Gasteiger partial charge in [0, 0.05) is 25.7 Å². The van der Waals surface area contributed by atoms with Gasteiger partial charge in [0.2, 0.25) is 0 Å². The average molecular weight is 452 g/mol. The topological polar surface area (TPSA) is 91.3 Å². The summed E-state index contributed by atoms with van der Waals surface area (Å²) in [6.45, 7) is 2.75. The number of nitrogens with two attached hydrogens (primary N) is 1. The van der Waals surface area contributed by atoms with Gasteiger partial charge in [-0.15, -0.1) is 0 Å². The van der Waals surface area contributed by atoms with Crippen LogP contribution in [0.1, 0.15) is 17.8 Å². The summed E-state index contributed by atoms with van der Waals surface area (Å²) < 4.78 is 40.6. The van der Waals surface area contributed by atoms with Crippen LogP contribution in [0.3, 0.4) is 0 Å². The summed E-state index contributed by atoms with van der Waals surface area (Å²) in [5.74, 6) is 0.946. The third kappa shape index (κ3) is 4.35. The van der Waals surface area contributed by atoms with E-state index in [-0.39, 0.29) is 17.7 Å². The van der Waals surface area contributed by atoms with E-state index in [4.69, 9.17) is 15.2 Å². The zero-order chi connectivity index (χ0) is 22.8. The van der Waals surface area contributed by atoms with Crippen molar-refractivity contribution in [3.8, 4) is 17.6 Å². The Balaban J connectivity index is 1.63. The lowest BCUT2D eigenvalue weighted by atomic mass is 10.2. The van der Waals surface area contributed by atoms with E-state index in [9.17, 15) is 8.78 Å². The van der Waals surface area contributed by atoms with Crippen molar-refractivity contribution in [3.05, 3.63) is 66.0 Å². The van der Waals surface area contributed by atoms with Crippen molar-refractivity contribution in [2.75, 3.05) is 31.2 Å². The maximum atomic E-state index is 13.9. The number of aromatic nitrogens is 4. The lowest BCUT2D eigenvalue weighted by Gasteiger charge is -2.28. The molecule has 0 bridgehead atoms. The number of nitrogens with zero attached hydrogens (tertiary/aromatic N) is 5. The number of benzene rings is 2. The van der Waals surface area contributed by atoms with Gasteiger partial charge in [-0.25, -0.2) is 13.8 Å². The van der Waals surface area contributed by atoms with Gasteiger partial charge in [0.15, 0.2) is 5.82 Å². The van der Waals surface area contributed by atoms with Crippen LogP contribution in [0.2, 0.25) is 0 Å². The van der Waals surface area contributed by atoms with Gasteiger partial charge in [0.1, 0.15) is 17.4 Å². The molecule has 0 amide bonds. The van der Waals surface area contributed by atoms with E-state index in [2.05, 4.69) is 15.0 Å². The Kier molecular flexibility index (Phi) is 5.84. The molecule has 1 saturated heterocycles. The summed E-state index contributed by atoms with van der Waals surface area (Å²) in [5, 5.41) is 0. The van der Waals surface area contributed by atoms with Crippen LogP contribution in [-0.2, 0) is 11.3 Å². The van der Waals surface area contributed by atoms with Crippen molar-refractivity contribution in [1.29, 1.82) is 0 Å². The summed E-state index contributed by atoms with van der Waals surface area (Å²) in [7, 11) is 0. The Labute approximate surface area is 188 Å². The zero-order valence-electron chi connectivity index (χ0n) is 17.7. The number of para-hydroxylation sites is 2. The highest BCUT2D eigenvalue weighted by Crippen LogP contribution is 2.30. The van der Waals surface area contributed by atoms with Gasteiger partial charge in [-0.3, -0.25) is 4.57 Å². The third-order valence-electron chi connectivity index (χ3n) is 5.39. The van der Waals surface area contributed by atoms with Gasteiger partial charge >= 0.3 is 6.01 Å². The Hall–Kier alpha value is -3.63. The Morgan fingerprint density at radius 3 is 2.42 bits per heavy atom. The number of morpholine rings is 1. The molecule has 1 fully saturated rings. The summed E-state index contributed by atoms with van der Waals surface area (Å²) >= 11 is 0. The van der Waals surface area contributed by atoms with Crippen molar-refractivity contribution in [1.82, 2.24) is 19.5 Å². The number of imidazole rings is 1. The standard InChI is InChI=1S/C23H22F2N6O2/c24-21(25)22-27-17-3-1-2-4-18(17)31(22)20-13-19(30-9-11-32-12-10-30)28-23(29-20)33-16-7-5-15(14-26)6-8-16/h1-8,13,21H,9-12,14,26H2. The molecule has 2 aromatic heterocycles. The van der Waals surface area contributed by atoms with Crippen LogP contribution in [0.15, 0.2) is 54.6 Å². The highest BCUT2D eigenvalue weighted by Gasteiger charge is 2.23. The van der Waals surface area contributed by atoms with Crippen molar-refractivity contribution < 1.29 is 18.3 Å². The largest absolute Gasteiger partial charge is 0.424 e. The van der Waals surface area contributed by atoms with Gasteiger partial charge < -0.3 is 20.1 Å². The normalized spacial score (nSPS) is 14.2. The van der Waals surface area contributed by atoms with Crippen LogP contribution in [0.5, 0.6) is 11.8 Å². The molecule has 0 spiro atoms. The molecule has 1 aliphatic rings. The first kappa shape index (κ1) is 21.2. The molecule has 4 aromatic rings. The first-order valence-electron chi connectivity index (χ1n) is 10.6. The number of rotatable bonds is 6. The van der Waals surface area contributed by atoms with Crippen LogP contribution in [-0.4, -0.2) is 45.8 Å². The molecule has 10 heteroatoms. The first-order chi connectivity index (χ1) is 16.1. The summed E-state index contributed by atoms with van der Waals surface area (Å²) in [4.78, 5) is 15.2. The molecule has 0 unspecified atom stereocenters. The number of alkyl halides is 2. The average Bonchev–Trinajstić information content (AvgIpc) is 3.25. The maximum absolute atomic E-state index is 13.9. The van der Waals surface area contributed by atoms with Gasteiger partial charge in [0.05, 0.1) is 24.2 Å². The molecule has 0 saturated carbocycles. The number of ether oxygens (including phenoxy) is 2. The van der Waals surface area contributed by atoms with Crippen LogP contribution in [0, 0.1) is 0 Å². The van der Waals surface area contributed by atoms with Crippen molar-refractivity contribution >= 4 is 16.9 Å². The molecule has 170 valence electrons. The molecule has 2 aromatic carbocycles. The van der Waals surface area contributed by atoms with Crippen LogP contribution < -0.4 is 15.4 Å². The number of fused-ring (bicyclic) bond motifs is 1. The third-order valence-corrected chi connectivity index (χ3v) is 5.39. The Morgan fingerprint density at radius 1 is 0.970 bits per heavy atom. The van der Waals surface area contributed by atoms with E-state index >= 15 is 0 Å². The fraction of sp³-hybridized carbons (Fsp3) is 0.261. The molecular weight excluding hydrogens is 430 g/mol. The highest BCUT2D eigenvalue weighted by molar-refractivity contribution is 5.78. The SMILES string of the molecule is NCc1ccc(Oc2nc(N3CCOCC3)cc(-n3c(C(F)F)nc4ccccc43)n2)cc1. The quantitative estimate of drug-likeness (QED) is 0.475. The predicted molar refractivity (Wildman–Crippen MR) is 119 cm³/mol. The molecule has 0 aliphatic carbocycles. The minimum atomic E-state index is -2.78. The molecule has 3 heterocycles. The molecule has 0 radical (unpaired) electrons. The smallest absolute Gasteiger partial charge is 0.325 e. The van der Waals surface area contributed by atoms with E-state index in [1.165, 1.54) is 4.57 Å². The fourth-order valence-corrected chi connectivity index (χ4v) is 3.75. The number of hydrogen-bond acceptors (Lipinski definition) is 7. The molecule has 33 heavy (non-hydrogen) atoms. The number of anilines is 1. The lowest BCUT2D eigenvalue weighted by Crippen LogP contribution is -2.36. The minimum Gasteiger partial charge on any atom is -0.424 e. The van der Waals surface area contributed by atoms with Gasteiger partial charge in [-0.2, -0.15) is 9.97 Å². The second-order valence-corrected chi connectivity index (χ2v) is 7.51. The van der Waals surface area contributed by atoms with Crippen LogP contribution in [0.25, 0.3) is 16.9 Å². The van der Waals surface area contributed by atoms with E-state index < -0.39 is 6.43 Å².